The standard InChI is InChI=1S/C25H28N2/c1-4-10-21(11-5-1)16-23-19-27(18-22-12-6-2-7-13-22)20-24(23)17-26-25-14-8-3-9-15-25/h1-15,23-24,26H,16-20H2/t23-,24+/m1/s1. The van der Waals surface area contributed by atoms with E-state index in [-0.39, 0.29) is 0 Å². The molecule has 27 heavy (non-hydrogen) atoms. The van der Waals surface area contributed by atoms with Gasteiger partial charge >= 0.3 is 0 Å². The van der Waals surface area contributed by atoms with Crippen LogP contribution in [0.25, 0.3) is 0 Å². The molecule has 2 nitrogen and oxygen atoms in total. The fourth-order valence-corrected chi connectivity index (χ4v) is 4.19. The van der Waals surface area contributed by atoms with Crippen molar-refractivity contribution in [1.82, 2.24) is 4.90 Å². The zero-order chi connectivity index (χ0) is 18.3. The lowest BCUT2D eigenvalue weighted by Crippen LogP contribution is -2.23. The molecule has 1 aliphatic rings. The molecule has 1 saturated heterocycles. The second-order valence-corrected chi connectivity index (χ2v) is 7.64. The first kappa shape index (κ1) is 17.8. The van der Waals surface area contributed by atoms with Gasteiger partial charge in [-0.15, -0.1) is 0 Å². The Morgan fingerprint density at radius 2 is 1.22 bits per heavy atom. The maximum Gasteiger partial charge on any atom is 0.0340 e. The van der Waals surface area contributed by atoms with Gasteiger partial charge in [-0.25, -0.2) is 0 Å². The monoisotopic (exact) mass is 356 g/mol. The number of nitrogens with zero attached hydrogens (tertiary/aromatic N) is 1. The number of likely N-dealkylation sites (tertiary alicyclic amines) is 1. The van der Waals surface area contributed by atoms with Gasteiger partial charge in [-0.1, -0.05) is 78.9 Å². The molecule has 138 valence electrons. The maximum atomic E-state index is 3.66. The van der Waals surface area contributed by atoms with Crippen molar-refractivity contribution < 1.29 is 0 Å². The summed E-state index contributed by atoms with van der Waals surface area (Å²) in [5.41, 5.74) is 4.08. The topological polar surface area (TPSA) is 15.3 Å². The number of para-hydroxylation sites is 1. The van der Waals surface area contributed by atoms with E-state index in [4.69, 9.17) is 0 Å². The number of hydrogen-bond acceptors (Lipinski definition) is 2. The van der Waals surface area contributed by atoms with Crippen LogP contribution < -0.4 is 5.32 Å². The Morgan fingerprint density at radius 1 is 0.667 bits per heavy atom. The Labute approximate surface area is 162 Å². The van der Waals surface area contributed by atoms with Crippen molar-refractivity contribution in [3.05, 3.63) is 102 Å². The van der Waals surface area contributed by atoms with Gasteiger partial charge in [-0.2, -0.15) is 0 Å². The minimum atomic E-state index is 0.661. The van der Waals surface area contributed by atoms with Crippen molar-refractivity contribution in [2.75, 3.05) is 25.0 Å². The summed E-state index contributed by atoms with van der Waals surface area (Å²) >= 11 is 0. The van der Waals surface area contributed by atoms with Crippen molar-refractivity contribution in [1.29, 1.82) is 0 Å². The minimum Gasteiger partial charge on any atom is -0.385 e. The van der Waals surface area contributed by atoms with E-state index in [0.717, 1.165) is 26.1 Å². The summed E-state index contributed by atoms with van der Waals surface area (Å²) < 4.78 is 0. The van der Waals surface area contributed by atoms with Crippen LogP contribution in [-0.4, -0.2) is 24.5 Å². The van der Waals surface area contributed by atoms with E-state index in [0.29, 0.717) is 11.8 Å². The lowest BCUT2D eigenvalue weighted by atomic mass is 9.89. The molecule has 0 spiro atoms. The minimum absolute atomic E-state index is 0.661. The molecular weight excluding hydrogens is 328 g/mol. The molecule has 0 saturated carbocycles. The second kappa shape index (κ2) is 8.88. The first-order valence-corrected chi connectivity index (χ1v) is 9.96. The Hall–Kier alpha value is -2.58. The van der Waals surface area contributed by atoms with E-state index in [1.54, 1.807) is 0 Å². The fraction of sp³-hybridized carbons (Fsp3) is 0.280. The highest BCUT2D eigenvalue weighted by Crippen LogP contribution is 2.28. The van der Waals surface area contributed by atoms with Crippen molar-refractivity contribution in [2.24, 2.45) is 11.8 Å². The van der Waals surface area contributed by atoms with Gasteiger partial charge in [-0.3, -0.25) is 4.90 Å². The molecule has 0 radical (unpaired) electrons. The smallest absolute Gasteiger partial charge is 0.0340 e. The maximum absolute atomic E-state index is 3.66. The molecule has 1 N–H and O–H groups in total. The Kier molecular flexibility index (Phi) is 5.86. The molecule has 1 fully saturated rings. The van der Waals surface area contributed by atoms with Crippen LogP contribution >= 0.6 is 0 Å². The van der Waals surface area contributed by atoms with Gasteiger partial charge in [0.1, 0.15) is 0 Å². The Bertz CT molecular complexity index is 802. The van der Waals surface area contributed by atoms with Crippen LogP contribution in [-0.2, 0) is 13.0 Å². The Morgan fingerprint density at radius 3 is 1.89 bits per heavy atom. The molecule has 0 aliphatic carbocycles. The number of rotatable bonds is 7. The molecule has 4 rings (SSSR count). The lowest BCUT2D eigenvalue weighted by Gasteiger charge is -2.19. The molecule has 1 aliphatic heterocycles. The number of anilines is 1. The highest BCUT2D eigenvalue weighted by atomic mass is 15.2. The quantitative estimate of drug-likeness (QED) is 0.634. The summed E-state index contributed by atoms with van der Waals surface area (Å²) in [6, 6.07) is 32.4. The number of hydrogen-bond donors (Lipinski definition) is 1. The van der Waals surface area contributed by atoms with E-state index in [9.17, 15) is 0 Å². The van der Waals surface area contributed by atoms with Crippen molar-refractivity contribution in [3.8, 4) is 0 Å². The summed E-state index contributed by atoms with van der Waals surface area (Å²) in [5, 5.41) is 3.66. The highest BCUT2D eigenvalue weighted by Gasteiger charge is 2.32. The fourth-order valence-electron chi connectivity index (χ4n) is 4.19. The molecule has 0 unspecified atom stereocenters. The van der Waals surface area contributed by atoms with Gasteiger partial charge in [0, 0.05) is 31.9 Å². The average molecular weight is 357 g/mol. The SMILES string of the molecule is c1ccc(C[C@@H]2CN(Cc3ccccc3)C[C@@H]2CNc2ccccc2)cc1. The van der Waals surface area contributed by atoms with E-state index in [1.165, 1.54) is 23.4 Å². The van der Waals surface area contributed by atoms with Crippen molar-refractivity contribution in [3.63, 3.8) is 0 Å². The van der Waals surface area contributed by atoms with Gasteiger partial charge < -0.3 is 5.32 Å². The summed E-state index contributed by atoms with van der Waals surface area (Å²) in [6.45, 7) is 4.41. The molecular formula is C25H28N2. The van der Waals surface area contributed by atoms with Crippen LogP contribution in [0.15, 0.2) is 91.0 Å². The van der Waals surface area contributed by atoms with Crippen LogP contribution in [0.4, 0.5) is 5.69 Å². The van der Waals surface area contributed by atoms with Gasteiger partial charge in [-0.05, 0) is 41.5 Å². The van der Waals surface area contributed by atoms with Gasteiger partial charge in [0.05, 0.1) is 0 Å². The molecule has 1 heterocycles. The van der Waals surface area contributed by atoms with Crippen LogP contribution in [0.1, 0.15) is 11.1 Å². The Balaban J connectivity index is 1.43. The van der Waals surface area contributed by atoms with Crippen LogP contribution in [0, 0.1) is 11.8 Å². The van der Waals surface area contributed by atoms with Crippen LogP contribution in [0.3, 0.4) is 0 Å². The lowest BCUT2D eigenvalue weighted by molar-refractivity contribution is 0.313. The molecule has 3 aromatic carbocycles. The normalized spacial score (nSPS) is 19.9. The van der Waals surface area contributed by atoms with Gasteiger partial charge in [0.25, 0.3) is 0 Å². The molecule has 0 amide bonds. The third-order valence-corrected chi connectivity index (χ3v) is 5.58. The summed E-state index contributed by atoms with van der Waals surface area (Å²) in [7, 11) is 0. The summed E-state index contributed by atoms with van der Waals surface area (Å²) in [5.74, 6) is 1.35. The van der Waals surface area contributed by atoms with E-state index >= 15 is 0 Å². The van der Waals surface area contributed by atoms with Gasteiger partial charge in [0.15, 0.2) is 0 Å². The van der Waals surface area contributed by atoms with E-state index in [1.807, 2.05) is 0 Å². The zero-order valence-electron chi connectivity index (χ0n) is 15.8. The number of benzene rings is 3. The number of nitrogens with one attached hydrogen (secondary N) is 1. The average Bonchev–Trinajstić information content (AvgIpc) is 3.10. The van der Waals surface area contributed by atoms with E-state index < -0.39 is 0 Å². The third kappa shape index (κ3) is 4.99. The van der Waals surface area contributed by atoms with Crippen molar-refractivity contribution in [2.45, 2.75) is 13.0 Å². The van der Waals surface area contributed by atoms with E-state index in [2.05, 4.69) is 101 Å². The van der Waals surface area contributed by atoms with Crippen molar-refractivity contribution >= 4 is 5.69 Å². The first-order valence-electron chi connectivity index (χ1n) is 9.96. The summed E-state index contributed by atoms with van der Waals surface area (Å²) in [4.78, 5) is 2.63. The molecule has 3 aromatic rings. The summed E-state index contributed by atoms with van der Waals surface area (Å²) in [6.07, 6.45) is 1.16. The predicted molar refractivity (Wildman–Crippen MR) is 114 cm³/mol. The van der Waals surface area contributed by atoms with Gasteiger partial charge in [0.2, 0.25) is 0 Å². The second-order valence-electron chi connectivity index (χ2n) is 7.64. The van der Waals surface area contributed by atoms with Crippen LogP contribution in [0.5, 0.6) is 0 Å². The zero-order valence-corrected chi connectivity index (χ0v) is 15.8. The third-order valence-electron chi connectivity index (χ3n) is 5.58. The largest absolute Gasteiger partial charge is 0.385 e. The predicted octanol–water partition coefficient (Wildman–Crippen LogP) is 5.09. The molecule has 0 bridgehead atoms. The molecule has 2 heteroatoms. The van der Waals surface area contributed by atoms with Crippen LogP contribution in [0.2, 0.25) is 0 Å². The molecule has 2 atom stereocenters. The molecule has 0 aromatic heterocycles. The highest BCUT2D eigenvalue weighted by molar-refractivity contribution is 5.42. The first-order chi connectivity index (χ1) is 13.4.